The van der Waals surface area contributed by atoms with E-state index in [0.29, 0.717) is 12.8 Å². The first-order chi connectivity index (χ1) is 41.7. The SMILES string of the molecule is CC(=O)C(=O)O.CC(=O)C(=O)O.CC(=O)C(=O)O.CC(=O)C(=O)O.CC(C)C(O)C(=O)O.CC(O)CC(=O)O.CCCC(O)C(=O)O.CO.CO.CO.CO.O=C(O)C1CCCN1.O=C(O)CC(=O)O.O=C(O)CC(=O)O.O=C(O)CC(=O)O.O=C(O)CCC(=O)O. The van der Waals surface area contributed by atoms with E-state index in [1.807, 2.05) is 6.92 Å². The number of aliphatic carboxylic acids is 16. The standard InChI is InChI=1S/C5H9NO2.2C5H10O3.C4H6O4.C4H8O3.3C3H4O4.4C3H4O3.4CH4O/c7-5(8)4-2-1-3-6-4;1-3(2)4(6)5(7)8;1-2-3-4(6)5(7)8;5-3(6)1-2-4(7)8;1-3(5)2-4(6)7;3*4-2(5)1-3(6)7;4*1-2(4)3(5)6;4*1-2/h4,6H,1-3H2,(H,7,8);3-4,6H,1-2H3,(H,7,8);4,6H,2-3H2,1H3,(H,7,8);1-2H2,(H,5,6)(H,7,8);3,5H,2H2,1H3,(H,6,7);3*1H2,(H,4,5)(H,6,7);4*1H3,(H,5,6);4*2H,1H3. The summed E-state index contributed by atoms with van der Waals surface area (Å²) >= 11 is 0. The predicted octanol–water partition coefficient (Wildman–Crippen LogP) is -4.37. The van der Waals surface area contributed by atoms with Gasteiger partial charge in [0.05, 0.1) is 25.4 Å². The number of carboxylic acid groups (broad SMARTS) is 16. The molecule has 4 unspecified atom stereocenters. The molecule has 542 valence electrons. The van der Waals surface area contributed by atoms with Crippen LogP contribution in [0.15, 0.2) is 0 Å². The summed E-state index contributed by atoms with van der Waals surface area (Å²) in [4.78, 5) is 191. The minimum absolute atomic E-state index is 0.167. The first kappa shape index (κ1) is 120. The van der Waals surface area contributed by atoms with Crippen LogP contribution in [-0.4, -0.2) is 295 Å². The van der Waals surface area contributed by atoms with Gasteiger partial charge < -0.3 is 123 Å². The molecular weight excluding hydrogens is 1280 g/mol. The fourth-order valence-electron chi connectivity index (χ4n) is 2.43. The van der Waals surface area contributed by atoms with Crippen LogP contribution in [0.3, 0.4) is 0 Å². The van der Waals surface area contributed by atoms with Crippen molar-refractivity contribution in [2.45, 2.75) is 144 Å². The zero-order valence-corrected chi connectivity index (χ0v) is 51.6. The maximum Gasteiger partial charge on any atom is 0.371 e. The molecule has 1 fully saturated rings. The summed E-state index contributed by atoms with van der Waals surface area (Å²) in [5.41, 5.74) is 0. The molecule has 1 saturated heterocycles. The second-order valence-corrected chi connectivity index (χ2v) is 14.7. The van der Waals surface area contributed by atoms with Gasteiger partial charge in [0.15, 0.2) is 12.2 Å². The minimum Gasteiger partial charge on any atom is -0.481 e. The predicted molar refractivity (Wildman–Crippen MR) is 300 cm³/mol. The molecule has 1 heterocycles. The lowest BCUT2D eigenvalue weighted by molar-refractivity contribution is -0.149. The van der Waals surface area contributed by atoms with E-state index in [1.54, 1.807) is 13.8 Å². The van der Waals surface area contributed by atoms with Gasteiger partial charge in [-0.1, -0.05) is 27.2 Å². The van der Waals surface area contributed by atoms with E-state index < -0.39 is 156 Å². The van der Waals surface area contributed by atoms with Crippen LogP contribution >= 0.6 is 0 Å². The Balaban J connectivity index is -0.0000000536. The summed E-state index contributed by atoms with van der Waals surface area (Å²) in [5, 5.41) is 181. The monoisotopic (exact) mass is 1370 g/mol. The molecule has 0 radical (unpaired) electrons. The van der Waals surface area contributed by atoms with Gasteiger partial charge in [0.1, 0.15) is 25.3 Å². The highest BCUT2D eigenvalue weighted by Gasteiger charge is 2.20. The zero-order chi connectivity index (χ0) is 77.9. The van der Waals surface area contributed by atoms with Crippen LogP contribution < -0.4 is 5.32 Å². The quantitative estimate of drug-likeness (QED) is 0.0381. The molecule has 0 spiro atoms. The molecule has 0 bridgehead atoms. The molecule has 1 rings (SSSR count). The summed E-state index contributed by atoms with van der Waals surface area (Å²) < 4.78 is 0. The van der Waals surface area contributed by atoms with Crippen LogP contribution in [0.5, 0.6) is 0 Å². The van der Waals surface area contributed by atoms with Gasteiger partial charge in [0.25, 0.3) is 0 Å². The number of hydrogen-bond acceptors (Lipinski definition) is 28. The van der Waals surface area contributed by atoms with Crippen molar-refractivity contribution in [2.75, 3.05) is 35.0 Å². The Labute approximate surface area is 521 Å². The van der Waals surface area contributed by atoms with Crippen molar-refractivity contribution < 1.29 is 213 Å². The third kappa shape index (κ3) is 178. The molecule has 0 aliphatic carbocycles. The van der Waals surface area contributed by atoms with Crippen molar-refractivity contribution >= 4 is 119 Å². The van der Waals surface area contributed by atoms with Gasteiger partial charge in [-0.25, -0.2) is 28.8 Å². The Morgan fingerprint density at radius 3 is 0.652 bits per heavy atom. The van der Waals surface area contributed by atoms with Crippen molar-refractivity contribution in [3.63, 3.8) is 0 Å². The first-order valence-electron chi connectivity index (χ1n) is 23.9. The number of carbonyl (C=O) groups excluding carboxylic acids is 4. The lowest BCUT2D eigenvalue weighted by atomic mass is 10.1. The summed E-state index contributed by atoms with van der Waals surface area (Å²) in [7, 11) is 4.00. The number of hydrogen-bond donors (Lipinski definition) is 24. The van der Waals surface area contributed by atoms with Crippen molar-refractivity contribution in [2.24, 2.45) is 5.92 Å². The van der Waals surface area contributed by atoms with Crippen molar-refractivity contribution in [3.05, 3.63) is 0 Å². The van der Waals surface area contributed by atoms with Gasteiger partial charge in [-0.05, 0) is 38.6 Å². The molecular formula is C48H87NO43. The molecule has 44 heteroatoms. The summed E-state index contributed by atoms with van der Waals surface area (Å²) in [5.74, 6) is -23.0. The molecule has 0 aromatic heterocycles. The van der Waals surface area contributed by atoms with Crippen LogP contribution in [0.2, 0.25) is 0 Å². The smallest absolute Gasteiger partial charge is 0.371 e. The van der Waals surface area contributed by atoms with E-state index in [4.69, 9.17) is 117 Å². The van der Waals surface area contributed by atoms with E-state index in [9.17, 15) is 95.9 Å². The van der Waals surface area contributed by atoms with E-state index in [-0.39, 0.29) is 31.2 Å². The number of aliphatic hydroxyl groups is 7. The van der Waals surface area contributed by atoms with Crippen molar-refractivity contribution in [1.29, 1.82) is 0 Å². The number of nitrogens with one attached hydrogen (secondary N) is 1. The minimum atomic E-state index is -1.38. The second-order valence-electron chi connectivity index (χ2n) is 14.7. The summed E-state index contributed by atoms with van der Waals surface area (Å²) in [6.45, 7) is 11.4. The first-order valence-corrected chi connectivity index (χ1v) is 23.9. The molecule has 92 heavy (non-hydrogen) atoms. The molecule has 0 aromatic rings. The number of carbonyl (C=O) groups is 20. The summed E-state index contributed by atoms with van der Waals surface area (Å²) in [6, 6.07) is -0.269. The third-order valence-corrected chi connectivity index (χ3v) is 6.22. The van der Waals surface area contributed by atoms with Crippen molar-refractivity contribution in [3.8, 4) is 0 Å². The lowest BCUT2D eigenvalue weighted by Crippen LogP contribution is -2.29. The molecule has 44 nitrogen and oxygen atoms in total. The van der Waals surface area contributed by atoms with E-state index in [0.717, 1.165) is 75.5 Å². The molecule has 0 saturated carbocycles. The number of aliphatic hydroxyl groups excluding tert-OH is 7. The van der Waals surface area contributed by atoms with Crippen molar-refractivity contribution in [1.82, 2.24) is 5.32 Å². The average molecular weight is 1370 g/mol. The Kier molecular flexibility index (Phi) is 114. The van der Waals surface area contributed by atoms with Gasteiger partial charge in [-0.3, -0.25) is 67.1 Å². The molecule has 4 atom stereocenters. The van der Waals surface area contributed by atoms with Crippen LogP contribution in [0.25, 0.3) is 0 Å². The summed E-state index contributed by atoms with van der Waals surface area (Å²) in [6.07, 6.45) is -3.45. The highest BCUT2D eigenvalue weighted by atomic mass is 16.4. The number of rotatable bonds is 21. The highest BCUT2D eigenvalue weighted by molar-refractivity contribution is 6.32. The Bertz CT molecular complexity index is 1860. The molecule has 1 aliphatic rings. The van der Waals surface area contributed by atoms with Gasteiger partial charge in [0.2, 0.25) is 23.1 Å². The van der Waals surface area contributed by atoms with Gasteiger partial charge in [0, 0.05) is 56.1 Å². The number of carboxylic acids is 16. The van der Waals surface area contributed by atoms with Gasteiger partial charge >= 0.3 is 95.5 Å². The maximum atomic E-state index is 10.1. The van der Waals surface area contributed by atoms with E-state index in [2.05, 4.69) is 5.32 Å². The maximum absolute atomic E-state index is 10.1. The lowest BCUT2D eigenvalue weighted by Gasteiger charge is -2.06. The highest BCUT2D eigenvalue weighted by Crippen LogP contribution is 2.03. The zero-order valence-electron chi connectivity index (χ0n) is 51.6. The van der Waals surface area contributed by atoms with E-state index >= 15 is 0 Å². The van der Waals surface area contributed by atoms with Crippen LogP contribution in [-0.2, 0) is 95.9 Å². The Morgan fingerprint density at radius 2 is 0.609 bits per heavy atom. The number of ketones is 4. The normalized spacial score (nSPS) is 10.6. The largest absolute Gasteiger partial charge is 0.481 e. The van der Waals surface area contributed by atoms with Crippen LogP contribution in [0.4, 0.5) is 0 Å². The van der Waals surface area contributed by atoms with Gasteiger partial charge in [-0.2, -0.15) is 0 Å². The topological polar surface area (TPSA) is 819 Å². The number of Topliss-reactive ketones (excluding diaryl/α,β-unsaturated/α-hetero) is 4. The fraction of sp³-hybridized carbons (Fsp3) is 0.583. The van der Waals surface area contributed by atoms with E-state index in [1.165, 1.54) is 6.92 Å². The Hall–Kier alpha value is -10.1. The van der Waals surface area contributed by atoms with Gasteiger partial charge in [-0.15, -0.1) is 0 Å². The van der Waals surface area contributed by atoms with Crippen LogP contribution in [0.1, 0.15) is 120 Å². The molecule has 0 amide bonds. The Morgan fingerprint density at radius 1 is 0.380 bits per heavy atom. The molecule has 24 N–H and O–H groups in total. The fourth-order valence-corrected chi connectivity index (χ4v) is 2.43. The molecule has 1 aliphatic heterocycles. The third-order valence-electron chi connectivity index (χ3n) is 6.22. The second kappa shape index (κ2) is 87.3. The molecule has 0 aromatic carbocycles. The van der Waals surface area contributed by atoms with Crippen LogP contribution in [0, 0.1) is 5.92 Å². The average Bonchev–Trinajstić information content (AvgIpc) is 3.97.